The highest BCUT2D eigenvalue weighted by atomic mass is 16.5. The minimum Gasteiger partial charge on any atom is -0.436 e. The van der Waals surface area contributed by atoms with E-state index in [1.165, 1.54) is 0 Å². The number of aromatic nitrogens is 3. The molecule has 0 amide bonds. The number of pyridine rings is 1. The van der Waals surface area contributed by atoms with Gasteiger partial charge < -0.3 is 15.8 Å². The van der Waals surface area contributed by atoms with E-state index >= 15 is 0 Å². The lowest BCUT2D eigenvalue weighted by molar-refractivity contribution is 0.467. The maximum atomic E-state index is 5.78. The van der Waals surface area contributed by atoms with Gasteiger partial charge in [0, 0.05) is 24.7 Å². The van der Waals surface area contributed by atoms with E-state index in [2.05, 4.69) is 20.3 Å². The number of nitrogens with two attached hydrogens (primary N) is 1. The maximum absolute atomic E-state index is 5.78. The van der Waals surface area contributed by atoms with Crippen LogP contribution in [-0.2, 0) is 0 Å². The molecule has 1 aromatic carbocycles. The molecule has 0 radical (unpaired) electrons. The molecule has 0 aliphatic carbocycles. The van der Waals surface area contributed by atoms with E-state index in [4.69, 9.17) is 10.5 Å². The lowest BCUT2D eigenvalue weighted by Crippen LogP contribution is -2.01. The van der Waals surface area contributed by atoms with Crippen LogP contribution in [0.25, 0.3) is 10.9 Å². The average molecular weight is 267 g/mol. The predicted molar refractivity (Wildman–Crippen MR) is 77.8 cm³/mol. The molecule has 2 aromatic heterocycles. The Labute approximate surface area is 115 Å². The Hall–Kier alpha value is -2.89. The molecule has 0 aliphatic heterocycles. The number of fused-ring (bicyclic) bond motifs is 1. The largest absolute Gasteiger partial charge is 0.436 e. The first kappa shape index (κ1) is 12.2. The zero-order valence-electron chi connectivity index (χ0n) is 10.9. The molecule has 0 saturated carbocycles. The van der Waals surface area contributed by atoms with E-state index < -0.39 is 0 Å². The van der Waals surface area contributed by atoms with E-state index in [-0.39, 0.29) is 5.95 Å². The molecular formula is C14H13N5O. The monoisotopic (exact) mass is 267 g/mol. The van der Waals surface area contributed by atoms with Crippen molar-refractivity contribution in [2.45, 2.75) is 0 Å². The van der Waals surface area contributed by atoms with Crippen LogP contribution in [0.5, 0.6) is 11.6 Å². The van der Waals surface area contributed by atoms with E-state index in [0.29, 0.717) is 17.4 Å². The summed E-state index contributed by atoms with van der Waals surface area (Å²) < 4.78 is 5.78. The Kier molecular flexibility index (Phi) is 3.04. The molecule has 20 heavy (non-hydrogen) atoms. The normalized spacial score (nSPS) is 10.4. The smallest absolute Gasteiger partial charge is 0.226 e. The number of benzene rings is 1. The second-order valence-corrected chi connectivity index (χ2v) is 4.13. The van der Waals surface area contributed by atoms with Crippen LogP contribution in [0.3, 0.4) is 0 Å². The molecule has 0 atom stereocenters. The number of hydrogen-bond donors (Lipinski definition) is 2. The first-order valence-corrected chi connectivity index (χ1v) is 6.10. The van der Waals surface area contributed by atoms with Crippen molar-refractivity contribution in [3.63, 3.8) is 0 Å². The number of nitrogens with one attached hydrogen (secondary N) is 1. The number of nitrogen functional groups attached to an aromatic ring is 1. The molecule has 0 aliphatic rings. The fourth-order valence-electron chi connectivity index (χ4n) is 1.89. The Morgan fingerprint density at radius 1 is 1.15 bits per heavy atom. The zero-order valence-corrected chi connectivity index (χ0v) is 10.9. The second-order valence-electron chi connectivity index (χ2n) is 4.13. The quantitative estimate of drug-likeness (QED) is 0.758. The topological polar surface area (TPSA) is 86.0 Å². The van der Waals surface area contributed by atoms with Crippen LogP contribution in [0.2, 0.25) is 0 Å². The summed E-state index contributed by atoms with van der Waals surface area (Å²) in [5.74, 6) is 1.75. The number of hydrogen-bond acceptors (Lipinski definition) is 6. The van der Waals surface area contributed by atoms with E-state index in [1.807, 2.05) is 30.3 Å². The summed E-state index contributed by atoms with van der Waals surface area (Å²) in [4.78, 5) is 12.4. The van der Waals surface area contributed by atoms with Gasteiger partial charge in [0.05, 0.1) is 0 Å². The Morgan fingerprint density at radius 3 is 2.85 bits per heavy atom. The second kappa shape index (κ2) is 5.00. The summed E-state index contributed by atoms with van der Waals surface area (Å²) >= 11 is 0. The fourth-order valence-corrected chi connectivity index (χ4v) is 1.89. The van der Waals surface area contributed by atoms with Gasteiger partial charge in [-0.05, 0) is 12.1 Å². The van der Waals surface area contributed by atoms with Crippen molar-refractivity contribution in [3.8, 4) is 11.6 Å². The van der Waals surface area contributed by atoms with Gasteiger partial charge in [-0.2, -0.15) is 9.97 Å². The van der Waals surface area contributed by atoms with Gasteiger partial charge in [0.2, 0.25) is 11.8 Å². The lowest BCUT2D eigenvalue weighted by atomic mass is 10.2. The minimum absolute atomic E-state index is 0.153. The number of nitrogens with zero attached hydrogens (tertiary/aromatic N) is 3. The molecule has 3 N–H and O–H groups in total. The average Bonchev–Trinajstić information content (AvgIpc) is 2.47. The summed E-state index contributed by atoms with van der Waals surface area (Å²) in [5, 5.41) is 3.91. The van der Waals surface area contributed by atoms with Gasteiger partial charge in [-0.3, -0.25) is 4.98 Å². The van der Waals surface area contributed by atoms with Gasteiger partial charge in [0.1, 0.15) is 11.3 Å². The molecule has 100 valence electrons. The van der Waals surface area contributed by atoms with Crippen molar-refractivity contribution in [3.05, 3.63) is 42.6 Å². The van der Waals surface area contributed by atoms with Gasteiger partial charge in [-0.15, -0.1) is 0 Å². The Bertz CT molecular complexity index is 754. The van der Waals surface area contributed by atoms with Crippen molar-refractivity contribution < 1.29 is 4.74 Å². The van der Waals surface area contributed by atoms with Crippen LogP contribution in [-0.4, -0.2) is 22.0 Å². The minimum atomic E-state index is 0.153. The van der Waals surface area contributed by atoms with Crippen molar-refractivity contribution in [1.29, 1.82) is 0 Å². The van der Waals surface area contributed by atoms with E-state index in [1.54, 1.807) is 19.3 Å². The number of anilines is 2. The van der Waals surface area contributed by atoms with E-state index in [9.17, 15) is 0 Å². The molecule has 3 rings (SSSR count). The third-order valence-corrected chi connectivity index (χ3v) is 2.79. The molecule has 0 bridgehead atoms. The fraction of sp³-hybridized carbons (Fsp3) is 0.0714. The summed E-state index contributed by atoms with van der Waals surface area (Å²) in [6.07, 6.45) is 1.72. The predicted octanol–water partition coefficient (Wildman–Crippen LogP) is 2.44. The molecular weight excluding hydrogens is 254 g/mol. The Morgan fingerprint density at radius 2 is 2.00 bits per heavy atom. The lowest BCUT2D eigenvalue weighted by Gasteiger charge is -2.09. The summed E-state index contributed by atoms with van der Waals surface area (Å²) in [7, 11) is 1.75. The van der Waals surface area contributed by atoms with Crippen LogP contribution in [0.1, 0.15) is 0 Å². The first-order valence-electron chi connectivity index (χ1n) is 6.10. The molecule has 0 fully saturated rings. The molecule has 0 saturated heterocycles. The number of ether oxygens (including phenoxy) is 1. The standard InChI is InChI=1S/C14H13N5O/c1-16-11-8-12(19-14(15)18-11)20-10-6-2-4-9-5-3-7-17-13(9)10/h2-8H,1H3,(H3,15,16,18,19). The number of para-hydroxylation sites is 1. The molecule has 6 nitrogen and oxygen atoms in total. The van der Waals surface area contributed by atoms with Crippen molar-refractivity contribution in [2.24, 2.45) is 0 Å². The molecule has 0 unspecified atom stereocenters. The van der Waals surface area contributed by atoms with Crippen molar-refractivity contribution >= 4 is 22.7 Å². The van der Waals surface area contributed by atoms with Crippen LogP contribution < -0.4 is 15.8 Å². The summed E-state index contributed by atoms with van der Waals surface area (Å²) in [6, 6.07) is 11.3. The maximum Gasteiger partial charge on any atom is 0.226 e. The summed E-state index contributed by atoms with van der Waals surface area (Å²) in [6.45, 7) is 0. The zero-order chi connectivity index (χ0) is 13.9. The third-order valence-electron chi connectivity index (χ3n) is 2.79. The summed E-state index contributed by atoms with van der Waals surface area (Å²) in [5.41, 5.74) is 6.42. The third kappa shape index (κ3) is 2.31. The van der Waals surface area contributed by atoms with Gasteiger partial charge >= 0.3 is 0 Å². The molecule has 2 heterocycles. The van der Waals surface area contributed by atoms with Crippen molar-refractivity contribution in [2.75, 3.05) is 18.1 Å². The van der Waals surface area contributed by atoms with Crippen LogP contribution in [0, 0.1) is 0 Å². The number of rotatable bonds is 3. The van der Waals surface area contributed by atoms with Crippen LogP contribution in [0.4, 0.5) is 11.8 Å². The Balaban J connectivity index is 2.03. The van der Waals surface area contributed by atoms with Crippen LogP contribution >= 0.6 is 0 Å². The van der Waals surface area contributed by atoms with Crippen molar-refractivity contribution in [1.82, 2.24) is 15.0 Å². The molecule has 3 aromatic rings. The molecule has 6 heteroatoms. The van der Waals surface area contributed by atoms with E-state index in [0.717, 1.165) is 10.9 Å². The van der Waals surface area contributed by atoms with Gasteiger partial charge in [-0.25, -0.2) is 0 Å². The highest BCUT2D eigenvalue weighted by molar-refractivity contribution is 5.84. The first-order chi connectivity index (χ1) is 9.76. The highest BCUT2D eigenvalue weighted by Gasteiger charge is 2.07. The highest BCUT2D eigenvalue weighted by Crippen LogP contribution is 2.28. The van der Waals surface area contributed by atoms with Gasteiger partial charge in [0.15, 0.2) is 5.75 Å². The molecule has 0 spiro atoms. The van der Waals surface area contributed by atoms with Crippen LogP contribution in [0.15, 0.2) is 42.6 Å². The van der Waals surface area contributed by atoms with Gasteiger partial charge in [0.25, 0.3) is 0 Å². The SMILES string of the molecule is CNc1cc(Oc2cccc3cccnc23)nc(N)n1. The van der Waals surface area contributed by atoms with Gasteiger partial charge in [-0.1, -0.05) is 18.2 Å².